The number of fused-ring (bicyclic) bond motifs is 1. The highest BCUT2D eigenvalue weighted by molar-refractivity contribution is 7.80. The van der Waals surface area contributed by atoms with Gasteiger partial charge >= 0.3 is 0 Å². The third-order valence-electron chi connectivity index (χ3n) is 1.92. The lowest BCUT2D eigenvalue weighted by molar-refractivity contribution is 1.43. The Kier molecular flexibility index (Phi) is 2.07. The molecule has 0 atom stereocenters. The minimum absolute atomic E-state index is 0.768. The van der Waals surface area contributed by atoms with Gasteiger partial charge in [0.25, 0.3) is 0 Å². The van der Waals surface area contributed by atoms with Crippen LogP contribution >= 0.6 is 35.6 Å². The van der Waals surface area contributed by atoms with Crippen LogP contribution in [0.25, 0.3) is 10.1 Å². The zero-order valence-corrected chi connectivity index (χ0v) is 8.93. The van der Waals surface area contributed by atoms with Gasteiger partial charge in [-0.05, 0) is 35.4 Å². The third kappa shape index (κ3) is 1.15. The summed E-state index contributed by atoms with van der Waals surface area (Å²) in [5.74, 6) is 0. The van der Waals surface area contributed by atoms with Crippen LogP contribution < -0.4 is 0 Å². The molecule has 0 aliphatic carbocycles. The molecule has 0 aliphatic heterocycles. The van der Waals surface area contributed by atoms with Crippen LogP contribution in [0.5, 0.6) is 0 Å². The van der Waals surface area contributed by atoms with E-state index in [-0.39, 0.29) is 0 Å². The van der Waals surface area contributed by atoms with E-state index >= 15 is 0 Å². The lowest BCUT2D eigenvalue weighted by Crippen LogP contribution is -1.77. The first-order valence-corrected chi connectivity index (χ1v) is 5.26. The van der Waals surface area contributed by atoms with Gasteiger partial charge in [0.15, 0.2) is 0 Å². The van der Waals surface area contributed by atoms with E-state index in [4.69, 9.17) is 11.6 Å². The maximum Gasteiger partial charge on any atom is 0.0575 e. The van der Waals surface area contributed by atoms with Gasteiger partial charge < -0.3 is 0 Å². The normalized spacial score (nSPS) is 10.9. The summed E-state index contributed by atoms with van der Waals surface area (Å²) in [6.45, 7) is 2.02. The molecule has 0 radical (unpaired) electrons. The Morgan fingerprint density at radius 3 is 3.00 bits per heavy atom. The zero-order valence-electron chi connectivity index (χ0n) is 6.47. The van der Waals surface area contributed by atoms with Crippen LogP contribution in [0.15, 0.2) is 22.4 Å². The Balaban J connectivity index is 2.94. The van der Waals surface area contributed by atoms with Crippen LogP contribution in [0.3, 0.4) is 0 Å². The van der Waals surface area contributed by atoms with Crippen molar-refractivity contribution in [3.63, 3.8) is 0 Å². The second-order valence-electron chi connectivity index (χ2n) is 2.67. The fourth-order valence-corrected chi connectivity index (χ4v) is 2.67. The molecule has 3 heteroatoms. The van der Waals surface area contributed by atoms with Crippen molar-refractivity contribution in [2.24, 2.45) is 0 Å². The van der Waals surface area contributed by atoms with E-state index in [1.165, 1.54) is 10.1 Å². The van der Waals surface area contributed by atoms with Gasteiger partial charge in [0.1, 0.15) is 0 Å². The summed E-state index contributed by atoms with van der Waals surface area (Å²) >= 11 is 12.1. The van der Waals surface area contributed by atoms with Gasteiger partial charge in [-0.1, -0.05) is 11.6 Å². The molecule has 2 aromatic rings. The van der Waals surface area contributed by atoms with Crippen LogP contribution in [0, 0.1) is 6.92 Å². The van der Waals surface area contributed by atoms with E-state index in [0.717, 1.165) is 15.5 Å². The predicted octanol–water partition coefficient (Wildman–Crippen LogP) is 4.15. The fraction of sp³-hybridized carbons (Fsp3) is 0.111. The molecular weight excluding hydrogens is 208 g/mol. The lowest BCUT2D eigenvalue weighted by atomic mass is 10.1. The first kappa shape index (κ1) is 8.42. The molecule has 1 aromatic heterocycles. The van der Waals surface area contributed by atoms with Gasteiger partial charge in [0.2, 0.25) is 0 Å². The minimum Gasteiger partial charge on any atom is -0.144 e. The van der Waals surface area contributed by atoms with Gasteiger partial charge in [-0.25, -0.2) is 0 Å². The summed E-state index contributed by atoms with van der Waals surface area (Å²) in [5.41, 5.74) is 1.13. The fourth-order valence-electron chi connectivity index (χ4n) is 1.24. The molecule has 0 nitrogen and oxygen atoms in total. The van der Waals surface area contributed by atoms with E-state index in [2.05, 4.69) is 24.1 Å². The highest BCUT2D eigenvalue weighted by atomic mass is 35.5. The molecule has 62 valence electrons. The molecule has 2 rings (SSSR count). The number of aryl methyl sites for hydroxylation is 1. The number of halogens is 1. The lowest BCUT2D eigenvalue weighted by Gasteiger charge is -2.02. The maximum absolute atomic E-state index is 6.04. The summed E-state index contributed by atoms with van der Waals surface area (Å²) in [5, 5.41) is 4.08. The number of benzene rings is 1. The second kappa shape index (κ2) is 2.95. The van der Waals surface area contributed by atoms with Gasteiger partial charge in [0.05, 0.1) is 5.02 Å². The van der Waals surface area contributed by atoms with Crippen molar-refractivity contribution in [1.82, 2.24) is 0 Å². The van der Waals surface area contributed by atoms with Crippen molar-refractivity contribution in [3.05, 3.63) is 28.1 Å². The van der Waals surface area contributed by atoms with Gasteiger partial charge in [-0.15, -0.1) is 24.0 Å². The SMILES string of the molecule is Cc1c(Cl)c(S)cc2sccc12. The van der Waals surface area contributed by atoms with E-state index in [1.54, 1.807) is 11.3 Å². The van der Waals surface area contributed by atoms with E-state index < -0.39 is 0 Å². The molecule has 12 heavy (non-hydrogen) atoms. The van der Waals surface area contributed by atoms with Crippen molar-refractivity contribution in [1.29, 1.82) is 0 Å². The van der Waals surface area contributed by atoms with E-state index in [1.807, 2.05) is 13.0 Å². The number of hydrogen-bond acceptors (Lipinski definition) is 2. The molecule has 1 aromatic carbocycles. The first-order valence-electron chi connectivity index (χ1n) is 3.55. The van der Waals surface area contributed by atoms with E-state index in [0.29, 0.717) is 0 Å². The molecule has 0 aliphatic rings. The van der Waals surface area contributed by atoms with Crippen LogP contribution in [0.2, 0.25) is 5.02 Å². The van der Waals surface area contributed by atoms with Crippen molar-refractivity contribution >= 4 is 45.7 Å². The monoisotopic (exact) mass is 214 g/mol. The van der Waals surface area contributed by atoms with Crippen LogP contribution in [0.1, 0.15) is 5.56 Å². The largest absolute Gasteiger partial charge is 0.144 e. The topological polar surface area (TPSA) is 0 Å². The quantitative estimate of drug-likeness (QED) is 0.626. The van der Waals surface area contributed by atoms with Crippen LogP contribution in [-0.2, 0) is 0 Å². The van der Waals surface area contributed by atoms with Crippen molar-refractivity contribution in [3.8, 4) is 0 Å². The Morgan fingerprint density at radius 2 is 2.25 bits per heavy atom. The standard InChI is InChI=1S/C9H7ClS2/c1-5-6-2-3-12-8(6)4-7(11)9(5)10/h2-4,11H,1H3. The molecule has 0 amide bonds. The highest BCUT2D eigenvalue weighted by Gasteiger charge is 2.05. The molecule has 0 N–H and O–H groups in total. The average molecular weight is 215 g/mol. The number of rotatable bonds is 0. The number of thiol groups is 1. The zero-order chi connectivity index (χ0) is 8.72. The Hall–Kier alpha value is -0.180. The van der Waals surface area contributed by atoms with Crippen LogP contribution in [0.4, 0.5) is 0 Å². The second-order valence-corrected chi connectivity index (χ2v) is 4.47. The first-order chi connectivity index (χ1) is 5.70. The smallest absolute Gasteiger partial charge is 0.0575 e. The molecule has 0 saturated carbocycles. The summed E-state index contributed by atoms with van der Waals surface area (Å²) in [4.78, 5) is 0.865. The number of thiophene rings is 1. The summed E-state index contributed by atoms with van der Waals surface area (Å²) in [6, 6.07) is 4.10. The summed E-state index contributed by atoms with van der Waals surface area (Å²) in [7, 11) is 0. The Morgan fingerprint density at radius 1 is 1.50 bits per heavy atom. The third-order valence-corrected chi connectivity index (χ3v) is 3.76. The molecule has 0 fully saturated rings. The number of hydrogen-bond donors (Lipinski definition) is 1. The van der Waals surface area contributed by atoms with Crippen molar-refractivity contribution < 1.29 is 0 Å². The van der Waals surface area contributed by atoms with Crippen molar-refractivity contribution in [2.75, 3.05) is 0 Å². The predicted molar refractivity (Wildman–Crippen MR) is 58.8 cm³/mol. The van der Waals surface area contributed by atoms with Gasteiger partial charge in [-0.2, -0.15) is 0 Å². The van der Waals surface area contributed by atoms with Crippen molar-refractivity contribution in [2.45, 2.75) is 11.8 Å². The minimum atomic E-state index is 0.768. The molecular formula is C9H7ClS2. The van der Waals surface area contributed by atoms with Crippen LogP contribution in [-0.4, -0.2) is 0 Å². The summed E-state index contributed by atoms with van der Waals surface area (Å²) < 4.78 is 1.25. The molecule has 0 bridgehead atoms. The summed E-state index contributed by atoms with van der Waals surface area (Å²) in [6.07, 6.45) is 0. The molecule has 0 saturated heterocycles. The van der Waals surface area contributed by atoms with Gasteiger partial charge in [0, 0.05) is 9.60 Å². The molecule has 0 unspecified atom stereocenters. The van der Waals surface area contributed by atoms with Gasteiger partial charge in [-0.3, -0.25) is 0 Å². The average Bonchev–Trinajstić information content (AvgIpc) is 2.48. The Labute approximate surface area is 85.6 Å². The molecule has 0 spiro atoms. The maximum atomic E-state index is 6.04. The van der Waals surface area contributed by atoms with E-state index in [9.17, 15) is 0 Å². The highest BCUT2D eigenvalue weighted by Crippen LogP contribution is 2.33. The Bertz CT molecular complexity index is 431. The molecule has 1 heterocycles.